The van der Waals surface area contributed by atoms with Crippen LogP contribution in [0.1, 0.15) is 67.5 Å². The maximum absolute atomic E-state index is 15.1. The lowest BCUT2D eigenvalue weighted by Gasteiger charge is -2.29. The van der Waals surface area contributed by atoms with Gasteiger partial charge in [0.2, 0.25) is 6.29 Å². The van der Waals surface area contributed by atoms with Gasteiger partial charge in [0.15, 0.2) is 0 Å². The van der Waals surface area contributed by atoms with Gasteiger partial charge in [-0.15, -0.1) is 0 Å². The lowest BCUT2D eigenvalue weighted by Crippen LogP contribution is -2.39. The normalized spacial score (nSPS) is 15.7. The summed E-state index contributed by atoms with van der Waals surface area (Å²) in [6.07, 6.45) is -0.229. The Balaban J connectivity index is 1.80. The van der Waals surface area contributed by atoms with Crippen molar-refractivity contribution in [3.8, 4) is 6.07 Å². The molecule has 7 heteroatoms. The minimum Gasteiger partial charge on any atom is -0.363 e. The van der Waals surface area contributed by atoms with Crippen LogP contribution in [-0.4, -0.2) is 26.8 Å². The third-order valence-electron chi connectivity index (χ3n) is 5.74. The topological polar surface area (TPSA) is 71.1 Å². The maximum Gasteiger partial charge on any atom is 0.322 e. The van der Waals surface area contributed by atoms with Crippen LogP contribution in [0.15, 0.2) is 36.4 Å². The van der Waals surface area contributed by atoms with Gasteiger partial charge in [-0.2, -0.15) is 19.1 Å². The molecule has 1 heterocycles. The van der Waals surface area contributed by atoms with Crippen LogP contribution in [-0.2, 0) is 17.2 Å². The minimum absolute atomic E-state index is 0.300. The highest BCUT2D eigenvalue weighted by Crippen LogP contribution is 2.44. The number of aliphatic hydroxyl groups excluding tert-OH is 1. The van der Waals surface area contributed by atoms with Crippen molar-refractivity contribution in [1.29, 1.82) is 5.26 Å². The van der Waals surface area contributed by atoms with Crippen molar-refractivity contribution in [2.75, 3.05) is 0 Å². The highest BCUT2D eigenvalue weighted by atomic mass is 19.3. The quantitative estimate of drug-likeness (QED) is 0.525. The van der Waals surface area contributed by atoms with E-state index < -0.39 is 17.8 Å². The zero-order valence-electron chi connectivity index (χ0n) is 18.7. The lowest BCUT2D eigenvalue weighted by atomic mass is 10.0. The standard InChI is InChI=1S/C25H27F2N3O2/c1-15-6-5-7-17(13-28)20(15)14-30-21-12-18(25(26,27)23(31)32-24(2,3)4)10-11-19(21)22(29-30)16-8-9-16/h5-7,10-12,16,23,31H,8-9,14H2,1-4H3. The monoisotopic (exact) mass is 439 g/mol. The number of alkyl halides is 2. The van der Waals surface area contributed by atoms with E-state index in [1.165, 1.54) is 12.1 Å². The highest BCUT2D eigenvalue weighted by molar-refractivity contribution is 5.84. The Morgan fingerprint density at radius 3 is 2.59 bits per heavy atom. The summed E-state index contributed by atoms with van der Waals surface area (Å²) in [5.41, 5.74) is 2.48. The first-order valence-electron chi connectivity index (χ1n) is 10.7. The van der Waals surface area contributed by atoms with Gasteiger partial charge in [-0.3, -0.25) is 4.68 Å². The molecule has 0 bridgehead atoms. The number of aryl methyl sites for hydroxylation is 1. The molecule has 4 rings (SSSR count). The number of aromatic nitrogens is 2. The van der Waals surface area contributed by atoms with E-state index in [1.807, 2.05) is 19.1 Å². The van der Waals surface area contributed by atoms with Gasteiger partial charge < -0.3 is 9.84 Å². The molecular formula is C25H27F2N3O2. The molecule has 32 heavy (non-hydrogen) atoms. The summed E-state index contributed by atoms with van der Waals surface area (Å²) in [5, 5.41) is 25.2. The van der Waals surface area contributed by atoms with Gasteiger partial charge in [0, 0.05) is 16.9 Å². The molecule has 1 N–H and O–H groups in total. The van der Waals surface area contributed by atoms with Crippen molar-refractivity contribution in [3.05, 3.63) is 64.3 Å². The van der Waals surface area contributed by atoms with Crippen LogP contribution in [0.25, 0.3) is 10.9 Å². The lowest BCUT2D eigenvalue weighted by molar-refractivity contribution is -0.273. The Kier molecular flexibility index (Phi) is 5.56. The Morgan fingerprint density at radius 2 is 1.97 bits per heavy atom. The maximum atomic E-state index is 15.1. The number of ether oxygens (including phenoxy) is 1. The van der Waals surface area contributed by atoms with E-state index in [4.69, 9.17) is 9.84 Å². The molecule has 0 aliphatic heterocycles. The van der Waals surface area contributed by atoms with Crippen molar-refractivity contribution >= 4 is 10.9 Å². The van der Waals surface area contributed by atoms with Crippen LogP contribution >= 0.6 is 0 Å². The van der Waals surface area contributed by atoms with Crippen molar-refractivity contribution < 1.29 is 18.6 Å². The van der Waals surface area contributed by atoms with Gasteiger partial charge in [0.25, 0.3) is 0 Å². The van der Waals surface area contributed by atoms with Crippen molar-refractivity contribution in [2.24, 2.45) is 0 Å². The number of nitriles is 1. The summed E-state index contributed by atoms with van der Waals surface area (Å²) >= 11 is 0. The number of rotatable bonds is 6. The Bertz CT molecular complexity index is 1200. The van der Waals surface area contributed by atoms with Gasteiger partial charge in [0.1, 0.15) is 0 Å². The predicted molar refractivity (Wildman–Crippen MR) is 117 cm³/mol. The van der Waals surface area contributed by atoms with Crippen LogP contribution in [0.3, 0.4) is 0 Å². The SMILES string of the molecule is Cc1cccc(C#N)c1Cn1nc(C2CC2)c2ccc(C(F)(F)C(O)OC(C)(C)C)cc21. The fourth-order valence-electron chi connectivity index (χ4n) is 3.90. The first-order chi connectivity index (χ1) is 15.0. The number of halogens is 2. The molecule has 1 atom stereocenters. The summed E-state index contributed by atoms with van der Waals surface area (Å²) < 4.78 is 37.0. The zero-order valence-corrected chi connectivity index (χ0v) is 18.7. The molecule has 1 aliphatic carbocycles. The molecule has 1 saturated carbocycles. The van der Waals surface area contributed by atoms with E-state index >= 15 is 8.78 Å². The number of hydrogen-bond donors (Lipinski definition) is 1. The molecular weight excluding hydrogens is 412 g/mol. The number of benzene rings is 2. The van der Waals surface area contributed by atoms with Crippen LogP contribution < -0.4 is 0 Å². The zero-order chi connectivity index (χ0) is 23.3. The van der Waals surface area contributed by atoms with E-state index in [2.05, 4.69) is 6.07 Å². The first-order valence-corrected chi connectivity index (χ1v) is 10.7. The van der Waals surface area contributed by atoms with Crippen molar-refractivity contribution in [3.63, 3.8) is 0 Å². The number of fused-ring (bicyclic) bond motifs is 1. The van der Waals surface area contributed by atoms with Crippen LogP contribution in [0.4, 0.5) is 8.78 Å². The minimum atomic E-state index is -3.60. The van der Waals surface area contributed by atoms with E-state index in [-0.39, 0.29) is 5.56 Å². The number of hydrogen-bond acceptors (Lipinski definition) is 4. The molecule has 0 radical (unpaired) electrons. The van der Waals surface area contributed by atoms with Crippen LogP contribution in [0.5, 0.6) is 0 Å². The summed E-state index contributed by atoms with van der Waals surface area (Å²) in [7, 11) is 0. The van der Waals surface area contributed by atoms with Gasteiger partial charge in [-0.1, -0.05) is 24.3 Å². The van der Waals surface area contributed by atoms with Gasteiger partial charge in [-0.25, -0.2) is 0 Å². The van der Waals surface area contributed by atoms with Crippen molar-refractivity contribution in [1.82, 2.24) is 9.78 Å². The first kappa shape index (κ1) is 22.4. The predicted octanol–water partition coefficient (Wildman–Crippen LogP) is 5.37. The Labute approximate surface area is 186 Å². The van der Waals surface area contributed by atoms with E-state index in [0.717, 1.165) is 35.0 Å². The largest absolute Gasteiger partial charge is 0.363 e. The van der Waals surface area contributed by atoms with Gasteiger partial charge >= 0.3 is 5.92 Å². The molecule has 3 aromatic rings. The second-order valence-corrected chi connectivity index (χ2v) is 9.47. The average Bonchev–Trinajstić information content (AvgIpc) is 3.50. The van der Waals surface area contributed by atoms with E-state index in [9.17, 15) is 10.4 Å². The summed E-state index contributed by atoms with van der Waals surface area (Å²) in [5.74, 6) is -3.27. The molecule has 5 nitrogen and oxygen atoms in total. The van der Waals surface area contributed by atoms with E-state index in [1.54, 1.807) is 37.6 Å². The van der Waals surface area contributed by atoms with Gasteiger partial charge in [0.05, 0.1) is 35.0 Å². The highest BCUT2D eigenvalue weighted by Gasteiger charge is 2.44. The molecule has 1 fully saturated rings. The molecule has 168 valence electrons. The Hall–Kier alpha value is -2.82. The molecule has 1 aliphatic rings. The fourth-order valence-corrected chi connectivity index (χ4v) is 3.90. The summed E-state index contributed by atoms with van der Waals surface area (Å²) in [4.78, 5) is 0. The second-order valence-electron chi connectivity index (χ2n) is 9.47. The fraction of sp³-hybridized carbons (Fsp3) is 0.440. The molecule has 1 aromatic heterocycles. The number of nitrogens with zero attached hydrogens (tertiary/aromatic N) is 3. The van der Waals surface area contributed by atoms with Crippen LogP contribution in [0.2, 0.25) is 0 Å². The second kappa shape index (κ2) is 7.95. The summed E-state index contributed by atoms with van der Waals surface area (Å²) in [6.45, 7) is 7.06. The third kappa shape index (κ3) is 4.25. The molecule has 0 spiro atoms. The molecule has 1 unspecified atom stereocenters. The van der Waals surface area contributed by atoms with E-state index in [0.29, 0.717) is 23.5 Å². The summed E-state index contributed by atoms with van der Waals surface area (Å²) in [6, 6.07) is 12.1. The average molecular weight is 440 g/mol. The third-order valence-corrected chi connectivity index (χ3v) is 5.74. The number of aliphatic hydroxyl groups is 1. The molecule has 2 aromatic carbocycles. The Morgan fingerprint density at radius 1 is 1.25 bits per heavy atom. The van der Waals surface area contributed by atoms with Crippen molar-refractivity contribution in [2.45, 2.75) is 70.8 Å². The van der Waals surface area contributed by atoms with Gasteiger partial charge in [-0.05, 0) is 63.8 Å². The smallest absolute Gasteiger partial charge is 0.322 e. The molecule has 0 saturated heterocycles. The van der Waals surface area contributed by atoms with Crippen LogP contribution in [0, 0.1) is 18.3 Å². The molecule has 0 amide bonds.